The van der Waals surface area contributed by atoms with Crippen LogP contribution >= 0.6 is 0 Å². The lowest BCUT2D eigenvalue weighted by molar-refractivity contribution is -0.147. The van der Waals surface area contributed by atoms with Crippen molar-refractivity contribution in [2.24, 2.45) is 0 Å². The summed E-state index contributed by atoms with van der Waals surface area (Å²) in [6.45, 7) is 9.40. The monoisotopic (exact) mass is 326 g/mol. The van der Waals surface area contributed by atoms with Crippen molar-refractivity contribution in [3.8, 4) is 11.1 Å². The molecule has 0 amide bonds. The summed E-state index contributed by atoms with van der Waals surface area (Å²) in [5.41, 5.74) is 3.40. The second-order valence-corrected chi connectivity index (χ2v) is 6.36. The number of ether oxygens (including phenoxy) is 1. The topological polar surface area (TPSA) is 26.3 Å². The molecule has 122 valence electrons. The average molecular weight is 326 g/mol. The van der Waals surface area contributed by atoms with Gasteiger partial charge in [0, 0.05) is 16.7 Å². The van der Waals surface area contributed by atoms with Crippen LogP contribution in [0, 0.1) is 0 Å². The molecule has 0 fully saturated rings. The number of hydrogen-bond donors (Lipinski definition) is 0. The Labute approximate surface area is 147 Å². The van der Waals surface area contributed by atoms with Crippen molar-refractivity contribution in [2.45, 2.75) is 12.5 Å². The molecule has 0 spiro atoms. The number of hydrogen-bond acceptors (Lipinski definition) is 2. The third-order valence-electron chi connectivity index (χ3n) is 4.81. The Hall–Kier alpha value is -3.13. The van der Waals surface area contributed by atoms with Gasteiger partial charge in [-0.2, -0.15) is 0 Å². The molecule has 0 saturated heterocycles. The number of esters is 1. The van der Waals surface area contributed by atoms with Crippen LogP contribution in [0.5, 0.6) is 0 Å². The first-order chi connectivity index (χ1) is 12.1. The van der Waals surface area contributed by atoms with Crippen LogP contribution < -0.4 is 0 Å². The van der Waals surface area contributed by atoms with E-state index in [0.29, 0.717) is 5.57 Å². The molecule has 3 aromatic carbocycles. The van der Waals surface area contributed by atoms with E-state index in [2.05, 4.69) is 43.5 Å². The smallest absolute Gasteiger partial charge is 0.334 e. The minimum atomic E-state index is -1.03. The molecule has 1 unspecified atom stereocenters. The molecule has 0 bridgehead atoms. The second kappa shape index (κ2) is 5.45. The highest BCUT2D eigenvalue weighted by molar-refractivity contribution is 6.04. The van der Waals surface area contributed by atoms with Gasteiger partial charge in [-0.15, -0.1) is 0 Å². The van der Waals surface area contributed by atoms with Crippen molar-refractivity contribution in [3.63, 3.8) is 0 Å². The fraction of sp³-hybridized carbons (Fsp3) is 0.0870. The number of fused-ring (bicyclic) bond motifs is 2. The number of benzene rings is 3. The lowest BCUT2D eigenvalue weighted by atomic mass is 9.73. The second-order valence-electron chi connectivity index (χ2n) is 6.36. The Balaban J connectivity index is 2.14. The number of carbonyl (C=O) groups excluding carboxylic acids is 1. The Bertz CT molecular complexity index is 1040. The summed E-state index contributed by atoms with van der Waals surface area (Å²) in [7, 11) is 0. The van der Waals surface area contributed by atoms with E-state index in [-0.39, 0.29) is 0 Å². The number of rotatable bonds is 3. The SMILES string of the molecule is C=CC1(OC(=O)C(=C)C)c2ccccc2-c2cccc3cccc1c23. The van der Waals surface area contributed by atoms with Gasteiger partial charge in [-0.1, -0.05) is 73.8 Å². The van der Waals surface area contributed by atoms with Crippen molar-refractivity contribution in [3.05, 3.63) is 96.6 Å². The molecular weight excluding hydrogens is 308 g/mol. The Morgan fingerprint density at radius 3 is 2.32 bits per heavy atom. The first kappa shape index (κ1) is 15.4. The van der Waals surface area contributed by atoms with Crippen LogP contribution in [0.4, 0.5) is 0 Å². The maximum absolute atomic E-state index is 12.4. The normalized spacial score (nSPS) is 17.6. The molecule has 0 radical (unpaired) electrons. The van der Waals surface area contributed by atoms with E-state index in [1.807, 2.05) is 30.3 Å². The third kappa shape index (κ3) is 2.07. The summed E-state index contributed by atoms with van der Waals surface area (Å²) in [5, 5.41) is 2.21. The average Bonchev–Trinajstić information content (AvgIpc) is 2.65. The van der Waals surface area contributed by atoms with E-state index >= 15 is 0 Å². The maximum atomic E-state index is 12.4. The summed E-state index contributed by atoms with van der Waals surface area (Å²) in [5.74, 6) is -0.425. The van der Waals surface area contributed by atoms with Crippen LogP contribution in [0.25, 0.3) is 21.9 Å². The molecular formula is C23H18O2. The van der Waals surface area contributed by atoms with Gasteiger partial charge in [-0.25, -0.2) is 4.79 Å². The van der Waals surface area contributed by atoms with E-state index in [0.717, 1.165) is 33.0 Å². The fourth-order valence-electron chi connectivity index (χ4n) is 3.67. The van der Waals surface area contributed by atoms with Crippen LogP contribution in [-0.2, 0) is 15.1 Å². The third-order valence-corrected chi connectivity index (χ3v) is 4.81. The first-order valence-electron chi connectivity index (χ1n) is 8.23. The van der Waals surface area contributed by atoms with Gasteiger partial charge in [-0.3, -0.25) is 0 Å². The fourth-order valence-corrected chi connectivity index (χ4v) is 3.67. The maximum Gasteiger partial charge on any atom is 0.334 e. The van der Waals surface area contributed by atoms with Crippen LogP contribution in [0.2, 0.25) is 0 Å². The predicted octanol–water partition coefficient (Wildman–Crippen LogP) is 5.37. The highest BCUT2D eigenvalue weighted by atomic mass is 16.6. The molecule has 0 N–H and O–H groups in total. The largest absolute Gasteiger partial charge is 0.441 e. The highest BCUT2D eigenvalue weighted by Crippen LogP contribution is 2.50. The highest BCUT2D eigenvalue weighted by Gasteiger charge is 2.42. The molecule has 0 heterocycles. The van der Waals surface area contributed by atoms with E-state index in [9.17, 15) is 4.79 Å². The van der Waals surface area contributed by atoms with Crippen molar-refractivity contribution in [2.75, 3.05) is 0 Å². The van der Waals surface area contributed by atoms with Crippen LogP contribution in [0.15, 0.2) is 85.5 Å². The molecule has 1 aliphatic carbocycles. The van der Waals surface area contributed by atoms with Crippen molar-refractivity contribution in [1.29, 1.82) is 0 Å². The standard InChI is InChI=1S/C23H18O2/c1-4-23(25-22(24)15(2)3)19-13-6-5-11-17(19)18-12-7-9-16-10-8-14-20(23)21(16)18/h4-14H,1-2H2,3H3. The van der Waals surface area contributed by atoms with Gasteiger partial charge in [0.2, 0.25) is 0 Å². The van der Waals surface area contributed by atoms with E-state index in [1.165, 1.54) is 0 Å². The van der Waals surface area contributed by atoms with Crippen molar-refractivity contribution >= 4 is 16.7 Å². The summed E-state index contributed by atoms with van der Waals surface area (Å²) in [6, 6.07) is 20.3. The lowest BCUT2D eigenvalue weighted by Crippen LogP contribution is -2.34. The molecule has 2 nitrogen and oxygen atoms in total. The van der Waals surface area contributed by atoms with Crippen molar-refractivity contribution in [1.82, 2.24) is 0 Å². The quantitative estimate of drug-likeness (QED) is 0.367. The van der Waals surface area contributed by atoms with Crippen LogP contribution in [0.3, 0.4) is 0 Å². The Morgan fingerprint density at radius 2 is 1.60 bits per heavy atom. The predicted molar refractivity (Wildman–Crippen MR) is 101 cm³/mol. The van der Waals surface area contributed by atoms with Gasteiger partial charge in [0.15, 0.2) is 5.60 Å². The molecule has 25 heavy (non-hydrogen) atoms. The molecule has 4 rings (SSSR count). The Kier molecular flexibility index (Phi) is 3.36. The van der Waals surface area contributed by atoms with E-state index in [1.54, 1.807) is 13.0 Å². The van der Waals surface area contributed by atoms with Crippen LogP contribution in [0.1, 0.15) is 18.1 Å². The molecule has 0 aromatic heterocycles. The lowest BCUT2D eigenvalue weighted by Gasteiger charge is -2.37. The van der Waals surface area contributed by atoms with Gasteiger partial charge in [0.05, 0.1) is 0 Å². The Morgan fingerprint density at radius 1 is 0.960 bits per heavy atom. The van der Waals surface area contributed by atoms with E-state index < -0.39 is 11.6 Å². The molecule has 2 heteroatoms. The summed E-state index contributed by atoms with van der Waals surface area (Å²) in [4.78, 5) is 12.4. The summed E-state index contributed by atoms with van der Waals surface area (Å²) in [6.07, 6.45) is 1.72. The minimum absolute atomic E-state index is 0.365. The molecule has 0 saturated carbocycles. The zero-order valence-corrected chi connectivity index (χ0v) is 14.1. The van der Waals surface area contributed by atoms with Gasteiger partial charge in [-0.05, 0) is 34.9 Å². The minimum Gasteiger partial charge on any atom is -0.441 e. The van der Waals surface area contributed by atoms with Gasteiger partial charge < -0.3 is 4.74 Å². The zero-order chi connectivity index (χ0) is 17.6. The summed E-state index contributed by atoms with van der Waals surface area (Å²) < 4.78 is 6.01. The van der Waals surface area contributed by atoms with Gasteiger partial charge in [0.1, 0.15) is 0 Å². The van der Waals surface area contributed by atoms with Gasteiger partial charge in [0.25, 0.3) is 0 Å². The number of carbonyl (C=O) groups is 1. The van der Waals surface area contributed by atoms with Crippen LogP contribution in [-0.4, -0.2) is 5.97 Å². The van der Waals surface area contributed by atoms with E-state index in [4.69, 9.17) is 4.74 Å². The molecule has 1 aliphatic rings. The van der Waals surface area contributed by atoms with Gasteiger partial charge >= 0.3 is 5.97 Å². The molecule has 0 aliphatic heterocycles. The summed E-state index contributed by atoms with van der Waals surface area (Å²) >= 11 is 0. The first-order valence-corrected chi connectivity index (χ1v) is 8.23. The molecule has 1 atom stereocenters. The zero-order valence-electron chi connectivity index (χ0n) is 14.1. The molecule has 3 aromatic rings. The van der Waals surface area contributed by atoms with Crippen molar-refractivity contribution < 1.29 is 9.53 Å².